The van der Waals surface area contributed by atoms with Gasteiger partial charge < -0.3 is 5.32 Å². The molecule has 1 aliphatic carbocycles. The number of thioether (sulfide) groups is 2. The minimum Gasteiger partial charge on any atom is -0.361 e. The predicted octanol–water partition coefficient (Wildman–Crippen LogP) is 4.09. The Morgan fingerprint density at radius 2 is 2.00 bits per heavy atom. The smallest absolute Gasteiger partial charge is 0.157 e. The first-order chi connectivity index (χ1) is 9.86. The quantitative estimate of drug-likeness (QED) is 0.910. The Morgan fingerprint density at radius 3 is 2.80 bits per heavy atom. The zero-order valence-electron chi connectivity index (χ0n) is 11.9. The maximum Gasteiger partial charge on any atom is 0.157 e. The molecule has 1 heterocycles. The van der Waals surface area contributed by atoms with Gasteiger partial charge in [-0.15, -0.1) is 0 Å². The van der Waals surface area contributed by atoms with Crippen molar-refractivity contribution in [3.8, 4) is 0 Å². The van der Waals surface area contributed by atoms with Gasteiger partial charge in [-0.25, -0.2) is 0 Å². The van der Waals surface area contributed by atoms with Gasteiger partial charge in [0.2, 0.25) is 0 Å². The summed E-state index contributed by atoms with van der Waals surface area (Å²) in [7, 11) is 0. The second-order valence-corrected chi connectivity index (χ2v) is 7.57. The first kappa shape index (κ1) is 14.3. The monoisotopic (exact) mass is 306 g/mol. The lowest BCUT2D eigenvalue weighted by Crippen LogP contribution is -2.42. The summed E-state index contributed by atoms with van der Waals surface area (Å²) in [6, 6.07) is 11.6. The van der Waals surface area contributed by atoms with Gasteiger partial charge in [0.1, 0.15) is 0 Å². The third kappa shape index (κ3) is 3.34. The van der Waals surface area contributed by atoms with Gasteiger partial charge in [0.05, 0.1) is 6.04 Å². The molecule has 1 aromatic rings. The zero-order chi connectivity index (χ0) is 13.8. The summed E-state index contributed by atoms with van der Waals surface area (Å²) in [4.78, 5) is 4.88. The molecule has 2 aliphatic rings. The third-order valence-corrected chi connectivity index (χ3v) is 6.30. The maximum atomic E-state index is 4.88. The largest absolute Gasteiger partial charge is 0.361 e. The molecule has 108 valence electrons. The lowest BCUT2D eigenvalue weighted by Gasteiger charge is -2.31. The zero-order valence-corrected chi connectivity index (χ0v) is 13.6. The number of nitrogens with zero attached hydrogens (tertiary/aromatic N) is 1. The molecule has 3 atom stereocenters. The molecule has 0 radical (unpaired) electrons. The van der Waals surface area contributed by atoms with Crippen LogP contribution in [0.25, 0.3) is 0 Å². The Kier molecular flexibility index (Phi) is 4.94. The Labute approximate surface area is 130 Å². The lowest BCUT2D eigenvalue weighted by molar-refractivity contribution is 0.427. The summed E-state index contributed by atoms with van der Waals surface area (Å²) in [6.45, 7) is 0. The SMILES string of the molecule is CSC1CCCCC1NC1=NC(c2ccccc2)CS1. The highest BCUT2D eigenvalue weighted by atomic mass is 32.2. The van der Waals surface area contributed by atoms with E-state index in [-0.39, 0.29) is 0 Å². The first-order valence-electron chi connectivity index (χ1n) is 7.41. The maximum absolute atomic E-state index is 4.88. The van der Waals surface area contributed by atoms with Crippen LogP contribution in [0.15, 0.2) is 35.3 Å². The van der Waals surface area contributed by atoms with Crippen LogP contribution in [-0.4, -0.2) is 28.5 Å². The molecule has 0 aromatic heterocycles. The van der Waals surface area contributed by atoms with Crippen LogP contribution < -0.4 is 5.32 Å². The molecule has 2 nitrogen and oxygen atoms in total. The normalized spacial score (nSPS) is 30.1. The van der Waals surface area contributed by atoms with Crippen molar-refractivity contribution in [2.24, 2.45) is 4.99 Å². The number of hydrogen-bond acceptors (Lipinski definition) is 4. The number of nitrogens with one attached hydrogen (secondary N) is 1. The highest BCUT2D eigenvalue weighted by Gasteiger charge is 2.27. The number of hydrogen-bond donors (Lipinski definition) is 1. The van der Waals surface area contributed by atoms with E-state index in [4.69, 9.17) is 4.99 Å². The topological polar surface area (TPSA) is 24.4 Å². The third-order valence-electron chi connectivity index (χ3n) is 4.15. The Morgan fingerprint density at radius 1 is 1.20 bits per heavy atom. The van der Waals surface area contributed by atoms with Gasteiger partial charge in [0.15, 0.2) is 5.17 Å². The van der Waals surface area contributed by atoms with E-state index in [1.165, 1.54) is 31.2 Å². The van der Waals surface area contributed by atoms with Crippen LogP contribution >= 0.6 is 23.5 Å². The van der Waals surface area contributed by atoms with E-state index >= 15 is 0 Å². The van der Waals surface area contributed by atoms with Crippen molar-refractivity contribution < 1.29 is 0 Å². The van der Waals surface area contributed by atoms with Crippen LogP contribution in [0.2, 0.25) is 0 Å². The average molecular weight is 307 g/mol. The van der Waals surface area contributed by atoms with Gasteiger partial charge in [-0.05, 0) is 24.7 Å². The molecule has 0 saturated heterocycles. The predicted molar refractivity (Wildman–Crippen MR) is 91.8 cm³/mol. The standard InChI is InChI=1S/C16H22N2S2/c1-19-15-10-6-5-9-13(15)17-16-18-14(11-20-16)12-7-3-2-4-8-12/h2-4,7-8,13-15H,5-6,9-11H2,1H3,(H,17,18). The molecule has 0 bridgehead atoms. The molecule has 1 N–H and O–H groups in total. The van der Waals surface area contributed by atoms with Gasteiger partial charge in [0, 0.05) is 17.0 Å². The highest BCUT2D eigenvalue weighted by molar-refractivity contribution is 8.14. The number of benzene rings is 1. The molecule has 1 fully saturated rings. The van der Waals surface area contributed by atoms with Crippen molar-refractivity contribution in [1.82, 2.24) is 5.32 Å². The van der Waals surface area contributed by atoms with Gasteiger partial charge in [0.25, 0.3) is 0 Å². The van der Waals surface area contributed by atoms with Crippen molar-refractivity contribution in [1.29, 1.82) is 0 Å². The fourth-order valence-electron chi connectivity index (χ4n) is 3.00. The molecule has 20 heavy (non-hydrogen) atoms. The van der Waals surface area contributed by atoms with Crippen LogP contribution in [0.3, 0.4) is 0 Å². The summed E-state index contributed by atoms with van der Waals surface area (Å²) in [5.41, 5.74) is 1.34. The molecule has 0 spiro atoms. The summed E-state index contributed by atoms with van der Waals surface area (Å²) < 4.78 is 0. The van der Waals surface area contributed by atoms with E-state index in [0.717, 1.165) is 16.2 Å². The fraction of sp³-hybridized carbons (Fsp3) is 0.562. The van der Waals surface area contributed by atoms with E-state index in [1.54, 1.807) is 0 Å². The average Bonchev–Trinajstić information content (AvgIpc) is 2.97. The highest BCUT2D eigenvalue weighted by Crippen LogP contribution is 2.32. The summed E-state index contributed by atoms with van der Waals surface area (Å²) in [5, 5.41) is 5.62. The lowest BCUT2D eigenvalue weighted by atomic mass is 9.95. The van der Waals surface area contributed by atoms with E-state index in [2.05, 4.69) is 41.9 Å². The summed E-state index contributed by atoms with van der Waals surface area (Å²) in [5.74, 6) is 1.07. The van der Waals surface area contributed by atoms with Crippen LogP contribution in [0.5, 0.6) is 0 Å². The van der Waals surface area contributed by atoms with Crippen LogP contribution in [-0.2, 0) is 0 Å². The van der Waals surface area contributed by atoms with Gasteiger partial charge in [-0.1, -0.05) is 54.9 Å². The van der Waals surface area contributed by atoms with Crippen molar-refractivity contribution in [3.05, 3.63) is 35.9 Å². The van der Waals surface area contributed by atoms with E-state index in [0.29, 0.717) is 12.1 Å². The number of amidine groups is 1. The van der Waals surface area contributed by atoms with Gasteiger partial charge >= 0.3 is 0 Å². The molecular weight excluding hydrogens is 284 g/mol. The molecule has 1 aliphatic heterocycles. The summed E-state index contributed by atoms with van der Waals surface area (Å²) in [6.07, 6.45) is 7.62. The van der Waals surface area contributed by atoms with Crippen LogP contribution in [0, 0.1) is 0 Å². The van der Waals surface area contributed by atoms with Crippen molar-refractivity contribution in [2.45, 2.75) is 43.0 Å². The van der Waals surface area contributed by atoms with Crippen molar-refractivity contribution >= 4 is 28.7 Å². The number of aliphatic imine (C=N–C) groups is 1. The molecule has 3 rings (SSSR count). The molecule has 1 saturated carbocycles. The first-order valence-corrected chi connectivity index (χ1v) is 9.69. The molecule has 0 amide bonds. The molecule has 3 unspecified atom stereocenters. The second kappa shape index (κ2) is 6.90. The Bertz CT molecular complexity index is 461. The van der Waals surface area contributed by atoms with Crippen LogP contribution in [0.1, 0.15) is 37.3 Å². The van der Waals surface area contributed by atoms with E-state index in [9.17, 15) is 0 Å². The number of rotatable bonds is 3. The van der Waals surface area contributed by atoms with Crippen molar-refractivity contribution in [3.63, 3.8) is 0 Å². The Balaban J connectivity index is 1.63. The van der Waals surface area contributed by atoms with Gasteiger partial charge in [-0.3, -0.25) is 4.99 Å². The van der Waals surface area contributed by atoms with Gasteiger partial charge in [-0.2, -0.15) is 11.8 Å². The van der Waals surface area contributed by atoms with Crippen LogP contribution in [0.4, 0.5) is 0 Å². The minimum absolute atomic E-state index is 0.333. The second-order valence-electron chi connectivity index (χ2n) is 5.48. The summed E-state index contributed by atoms with van der Waals surface area (Å²) >= 11 is 3.89. The fourth-order valence-corrected chi connectivity index (χ4v) is 4.96. The molecule has 4 heteroatoms. The molecular formula is C16H22N2S2. The molecule has 1 aromatic carbocycles. The Hall–Kier alpha value is -0.610. The van der Waals surface area contributed by atoms with E-state index < -0.39 is 0 Å². The minimum atomic E-state index is 0.333. The van der Waals surface area contributed by atoms with E-state index in [1.807, 2.05) is 23.5 Å². The van der Waals surface area contributed by atoms with Crippen molar-refractivity contribution in [2.75, 3.05) is 12.0 Å².